The van der Waals surface area contributed by atoms with Crippen LogP contribution in [0.1, 0.15) is 34.6 Å². The van der Waals surface area contributed by atoms with E-state index in [4.69, 9.17) is 9.72 Å². The zero-order valence-electron chi connectivity index (χ0n) is 23.6. The van der Waals surface area contributed by atoms with Crippen molar-refractivity contribution in [2.45, 2.75) is 58.5 Å². The van der Waals surface area contributed by atoms with Gasteiger partial charge in [-0.3, -0.25) is 14.5 Å². The third-order valence-corrected chi connectivity index (χ3v) is 8.71. The van der Waals surface area contributed by atoms with E-state index in [1.165, 1.54) is 24.0 Å². The summed E-state index contributed by atoms with van der Waals surface area (Å²) < 4.78 is 49.5. The molecule has 216 valence electrons. The van der Waals surface area contributed by atoms with Crippen LogP contribution in [0, 0.1) is 6.92 Å². The molecule has 4 heterocycles. The van der Waals surface area contributed by atoms with Gasteiger partial charge < -0.3 is 14.2 Å². The zero-order valence-corrected chi connectivity index (χ0v) is 24.6. The maximum atomic E-state index is 13.8. The van der Waals surface area contributed by atoms with Crippen molar-refractivity contribution >= 4 is 19.7 Å². The molecular weight excluding hydrogens is 551 g/mol. The van der Waals surface area contributed by atoms with Gasteiger partial charge in [-0.2, -0.15) is 18.3 Å². The summed E-state index contributed by atoms with van der Waals surface area (Å²) >= 11 is 0. The lowest BCUT2D eigenvalue weighted by Crippen LogP contribution is -2.42. The van der Waals surface area contributed by atoms with Gasteiger partial charge >= 0.3 is 6.18 Å². The standard InChI is InChI=1S/C28H32F3N7O2Si/c1-18-12-20(6-7-22(18)28(29,30)31)37-15-19(2)38-25(27(37)39)21(13-34-38)24-16-36(17-40-10-11-41(3,4)5)26(35-24)23-14-32-8-9-33-23/h6-9,12-14,16,19H,10-11,15,17H2,1-5H3/t19-/m0/s1. The molecule has 0 bridgehead atoms. The van der Waals surface area contributed by atoms with Gasteiger partial charge in [0.05, 0.1) is 35.3 Å². The number of nitrogens with zero attached hydrogens (tertiary/aromatic N) is 7. The number of aryl methyl sites for hydroxylation is 1. The molecule has 1 atom stereocenters. The topological polar surface area (TPSA) is 91.0 Å². The fourth-order valence-corrected chi connectivity index (χ4v) is 5.57. The molecule has 0 spiro atoms. The first-order valence-electron chi connectivity index (χ1n) is 13.3. The summed E-state index contributed by atoms with van der Waals surface area (Å²) in [4.78, 5) is 28.7. The number of halogens is 3. The molecule has 3 aromatic heterocycles. The van der Waals surface area contributed by atoms with E-state index in [0.717, 1.165) is 12.1 Å². The molecule has 4 aromatic rings. The van der Waals surface area contributed by atoms with Gasteiger partial charge in [0.15, 0.2) is 5.82 Å². The fourth-order valence-electron chi connectivity index (χ4n) is 4.81. The van der Waals surface area contributed by atoms with Gasteiger partial charge in [0, 0.05) is 45.5 Å². The lowest BCUT2D eigenvalue weighted by Gasteiger charge is -2.32. The Morgan fingerprint density at radius 2 is 1.90 bits per heavy atom. The number of carbonyl (C=O) groups is 1. The van der Waals surface area contributed by atoms with Gasteiger partial charge in [0.25, 0.3) is 5.91 Å². The predicted octanol–water partition coefficient (Wildman–Crippen LogP) is 6.06. The first-order valence-corrected chi connectivity index (χ1v) is 17.0. The zero-order chi connectivity index (χ0) is 29.5. The highest BCUT2D eigenvalue weighted by molar-refractivity contribution is 6.76. The largest absolute Gasteiger partial charge is 0.416 e. The number of rotatable bonds is 8. The number of anilines is 1. The number of fused-ring (bicyclic) bond motifs is 1. The normalized spacial score (nSPS) is 15.9. The summed E-state index contributed by atoms with van der Waals surface area (Å²) in [5, 5.41) is 4.49. The predicted molar refractivity (Wildman–Crippen MR) is 151 cm³/mol. The third kappa shape index (κ3) is 5.96. The van der Waals surface area contributed by atoms with Crippen LogP contribution in [0.4, 0.5) is 18.9 Å². The first kappa shape index (κ1) is 28.7. The van der Waals surface area contributed by atoms with E-state index in [0.29, 0.717) is 40.8 Å². The lowest BCUT2D eigenvalue weighted by atomic mass is 10.0. The Bertz CT molecular complexity index is 1560. The van der Waals surface area contributed by atoms with Gasteiger partial charge in [-0.15, -0.1) is 0 Å². The van der Waals surface area contributed by atoms with Crippen LogP contribution in [0.2, 0.25) is 25.7 Å². The monoisotopic (exact) mass is 583 g/mol. The minimum Gasteiger partial charge on any atom is -0.361 e. The van der Waals surface area contributed by atoms with Crippen molar-refractivity contribution in [3.63, 3.8) is 0 Å². The van der Waals surface area contributed by atoms with Gasteiger partial charge in [-0.1, -0.05) is 19.6 Å². The molecule has 9 nitrogen and oxygen atoms in total. The summed E-state index contributed by atoms with van der Waals surface area (Å²) in [5.41, 5.74) is 1.61. The Labute approximate surface area is 237 Å². The number of imidazole rings is 1. The van der Waals surface area contributed by atoms with Crippen LogP contribution in [-0.2, 0) is 17.6 Å². The summed E-state index contributed by atoms with van der Waals surface area (Å²) in [6.45, 7) is 11.3. The molecule has 0 saturated heterocycles. The average molecular weight is 584 g/mol. The highest BCUT2D eigenvalue weighted by Crippen LogP contribution is 2.37. The number of hydrogen-bond acceptors (Lipinski definition) is 6. The van der Waals surface area contributed by atoms with Crippen molar-refractivity contribution in [1.82, 2.24) is 29.3 Å². The minimum absolute atomic E-state index is 0.0521. The number of alkyl halides is 3. The molecule has 13 heteroatoms. The molecule has 1 aliphatic rings. The molecule has 0 fully saturated rings. The molecule has 0 saturated carbocycles. The Kier molecular flexibility index (Phi) is 7.59. The van der Waals surface area contributed by atoms with Crippen LogP contribution in [-0.4, -0.2) is 56.4 Å². The highest BCUT2D eigenvalue weighted by Gasteiger charge is 2.36. The van der Waals surface area contributed by atoms with Crippen molar-refractivity contribution in [2.24, 2.45) is 0 Å². The van der Waals surface area contributed by atoms with E-state index in [1.807, 2.05) is 11.5 Å². The maximum absolute atomic E-state index is 13.8. The summed E-state index contributed by atoms with van der Waals surface area (Å²) in [7, 11) is -1.27. The van der Waals surface area contributed by atoms with E-state index in [1.54, 1.807) is 35.7 Å². The van der Waals surface area contributed by atoms with E-state index >= 15 is 0 Å². The van der Waals surface area contributed by atoms with E-state index < -0.39 is 19.8 Å². The van der Waals surface area contributed by atoms with Crippen LogP contribution >= 0.6 is 0 Å². The second-order valence-electron chi connectivity index (χ2n) is 11.5. The summed E-state index contributed by atoms with van der Waals surface area (Å²) in [6, 6.07) is 4.55. The SMILES string of the molecule is Cc1cc(N2C[C@H](C)n3ncc(-c4cn(COCC[Si](C)(C)C)c(-c5cnccn5)n4)c3C2=O)ccc1C(F)(F)F. The molecule has 0 aliphatic carbocycles. The maximum Gasteiger partial charge on any atom is 0.416 e. The first-order chi connectivity index (χ1) is 19.3. The molecule has 5 rings (SSSR count). The van der Waals surface area contributed by atoms with Gasteiger partial charge in [0.2, 0.25) is 0 Å². The second-order valence-corrected chi connectivity index (χ2v) is 17.1. The van der Waals surface area contributed by atoms with Crippen LogP contribution in [0.3, 0.4) is 0 Å². The Hall–Kier alpha value is -3.84. The number of benzene rings is 1. The number of carbonyl (C=O) groups excluding carboxylic acids is 1. The highest BCUT2D eigenvalue weighted by atomic mass is 28.3. The van der Waals surface area contributed by atoms with Crippen LogP contribution in [0.5, 0.6) is 0 Å². The van der Waals surface area contributed by atoms with Crippen LogP contribution < -0.4 is 4.90 Å². The van der Waals surface area contributed by atoms with Gasteiger partial charge in [-0.25, -0.2) is 9.97 Å². The van der Waals surface area contributed by atoms with Crippen molar-refractivity contribution in [3.05, 3.63) is 66.0 Å². The van der Waals surface area contributed by atoms with Gasteiger partial charge in [0.1, 0.15) is 18.1 Å². The smallest absolute Gasteiger partial charge is 0.361 e. The van der Waals surface area contributed by atoms with E-state index in [9.17, 15) is 18.0 Å². The number of amides is 1. The minimum atomic E-state index is -4.47. The Balaban J connectivity index is 1.50. The van der Waals surface area contributed by atoms with Crippen LogP contribution in [0.15, 0.2) is 49.2 Å². The third-order valence-electron chi connectivity index (χ3n) is 7.01. The van der Waals surface area contributed by atoms with Gasteiger partial charge in [-0.05, 0) is 43.7 Å². The Morgan fingerprint density at radius 1 is 1.12 bits per heavy atom. The quantitative estimate of drug-likeness (QED) is 0.185. The molecule has 41 heavy (non-hydrogen) atoms. The lowest BCUT2D eigenvalue weighted by molar-refractivity contribution is -0.138. The number of ether oxygens (including phenoxy) is 1. The van der Waals surface area contributed by atoms with E-state index in [2.05, 4.69) is 34.7 Å². The molecule has 1 amide bonds. The van der Waals surface area contributed by atoms with Crippen molar-refractivity contribution in [2.75, 3.05) is 18.1 Å². The second kappa shape index (κ2) is 10.9. The van der Waals surface area contributed by atoms with Crippen LogP contribution in [0.25, 0.3) is 22.8 Å². The van der Waals surface area contributed by atoms with Crippen molar-refractivity contribution in [3.8, 4) is 22.8 Å². The summed E-state index contributed by atoms with van der Waals surface area (Å²) in [5.74, 6) is 0.171. The molecule has 1 aliphatic heterocycles. The summed E-state index contributed by atoms with van der Waals surface area (Å²) in [6.07, 6.45) is 3.70. The molecule has 0 radical (unpaired) electrons. The molecule has 0 N–H and O–H groups in total. The van der Waals surface area contributed by atoms with E-state index in [-0.39, 0.29) is 30.8 Å². The Morgan fingerprint density at radius 3 is 2.56 bits per heavy atom. The number of aromatic nitrogens is 6. The molecular formula is C28H32F3N7O2Si. The number of hydrogen-bond donors (Lipinski definition) is 0. The van der Waals surface area contributed by atoms with Crippen molar-refractivity contribution < 1.29 is 22.7 Å². The molecule has 0 unspecified atom stereocenters. The molecule has 1 aromatic carbocycles. The fraction of sp³-hybridized carbons (Fsp3) is 0.393. The van der Waals surface area contributed by atoms with Crippen molar-refractivity contribution in [1.29, 1.82) is 0 Å². The average Bonchev–Trinajstić information content (AvgIpc) is 3.53.